The van der Waals surface area contributed by atoms with Gasteiger partial charge in [0.2, 0.25) is 6.29 Å². The molecular weight excluding hydrogens is 913 g/mol. The fraction of sp³-hybridized carbons (Fsp3) is 0.923. The van der Waals surface area contributed by atoms with Crippen LogP contribution in [-0.4, -0.2) is 117 Å². The van der Waals surface area contributed by atoms with Gasteiger partial charge in [0.1, 0.15) is 36.6 Å². The maximum absolute atomic E-state index is 13.7. The Hall–Kier alpha value is -1.45. The minimum atomic E-state index is -1.81. The number of carbonyl (C=O) groups excluding carboxylic acids is 2. The Labute approximate surface area is 419 Å². The summed E-state index contributed by atoms with van der Waals surface area (Å²) in [5, 5.41) is 65.6. The molecule has 0 radical (unpaired) electrons. The largest absolute Gasteiger partial charge is 0.453 e. The maximum Gasteiger partial charge on any atom is 0.333 e. The Morgan fingerprint density at radius 2 is 0.986 bits per heavy atom. The van der Waals surface area contributed by atoms with Crippen LogP contribution in [0.1, 0.15) is 227 Å². The average Bonchev–Trinajstić information content (AvgIpc) is 3.33. The molecule has 0 bridgehead atoms. The van der Waals surface area contributed by atoms with Gasteiger partial charge in [-0.25, -0.2) is 10.1 Å². The second-order valence-corrected chi connectivity index (χ2v) is 20.0. The lowest BCUT2D eigenvalue weighted by Crippen LogP contribution is -2.65. The smallest absolute Gasteiger partial charge is 0.333 e. The zero-order valence-electron chi connectivity index (χ0n) is 42.9. The first-order valence-electron chi connectivity index (χ1n) is 27.1. The van der Waals surface area contributed by atoms with Crippen molar-refractivity contribution in [1.29, 1.82) is 0 Å². The van der Waals surface area contributed by atoms with Gasteiger partial charge in [0.05, 0.1) is 13.2 Å². The maximum atomic E-state index is 13.7. The molecule has 6 N–H and O–H groups in total. The standard InChI is InChI=1S/C52H96O16S/c1-5-7-9-11-13-15-17-19-20-21-23-24-26-28-30-32-34-39(3)36-40(4)50(59)64-48-45(57)42(38-54)62-52(65-51-46(58)47(66-69-68-67-60)44(56)41(37-53)61-51)49(48)63-43(55)35-33-31-29-27-25-22-18-16-14-12-10-8-6-2/h36,39,41-42,44-49,51-54,56-58,60H,5-35,37-38H2,1-4H3/b40-36+/t39-,41?,42?,44?,45?,46?,47?,48?,49?,51?,52?/m0/s1. The third kappa shape index (κ3) is 27.4. The molecule has 0 amide bonds. The summed E-state index contributed by atoms with van der Waals surface area (Å²) in [6.07, 6.45) is 21.9. The van der Waals surface area contributed by atoms with E-state index in [4.69, 9.17) is 33.1 Å². The van der Waals surface area contributed by atoms with E-state index in [1.165, 1.54) is 141 Å². The van der Waals surface area contributed by atoms with Gasteiger partial charge in [0.15, 0.2) is 30.8 Å². The predicted octanol–water partition coefficient (Wildman–Crippen LogP) is 10.4. The Bertz CT molecular complexity index is 1300. The summed E-state index contributed by atoms with van der Waals surface area (Å²) >= 11 is 0.0728. The number of rotatable bonds is 43. The molecule has 17 heteroatoms. The zero-order chi connectivity index (χ0) is 50.5. The summed E-state index contributed by atoms with van der Waals surface area (Å²) in [7, 11) is 0. The number of carbonyl (C=O) groups is 2. The van der Waals surface area contributed by atoms with Gasteiger partial charge >= 0.3 is 11.9 Å². The van der Waals surface area contributed by atoms with Gasteiger partial charge in [-0.05, 0) is 25.7 Å². The first-order chi connectivity index (χ1) is 33.5. The molecule has 0 saturated carbocycles. The van der Waals surface area contributed by atoms with Crippen molar-refractivity contribution in [3.8, 4) is 0 Å². The van der Waals surface area contributed by atoms with E-state index in [1.54, 1.807) is 6.92 Å². The molecule has 69 heavy (non-hydrogen) atoms. The van der Waals surface area contributed by atoms with E-state index in [1.807, 2.05) is 13.0 Å². The minimum absolute atomic E-state index is 0.0123. The fourth-order valence-electron chi connectivity index (χ4n) is 9.20. The van der Waals surface area contributed by atoms with Crippen molar-refractivity contribution in [2.45, 2.75) is 288 Å². The number of hydrogen-bond donors (Lipinski definition) is 6. The van der Waals surface area contributed by atoms with Crippen LogP contribution in [0.2, 0.25) is 0 Å². The average molecular weight is 1010 g/mol. The molecule has 0 aromatic carbocycles. The third-order valence-corrected chi connectivity index (χ3v) is 13.9. The van der Waals surface area contributed by atoms with E-state index in [2.05, 4.69) is 23.2 Å². The molecule has 2 aliphatic heterocycles. The Kier molecular flexibility index (Phi) is 37.8. The number of allylic oxidation sites excluding steroid dienone is 1. The molecule has 16 nitrogen and oxygen atoms in total. The molecule has 2 rings (SSSR count). The quantitative estimate of drug-likeness (QED) is 0.00833. The number of unbranched alkanes of at least 4 members (excludes halogenated alkanes) is 27. The highest BCUT2D eigenvalue weighted by Gasteiger charge is 2.54. The van der Waals surface area contributed by atoms with Crippen molar-refractivity contribution in [3.05, 3.63) is 11.6 Å². The van der Waals surface area contributed by atoms with Gasteiger partial charge in [0.25, 0.3) is 0 Å². The fourth-order valence-corrected chi connectivity index (χ4v) is 9.58. The van der Waals surface area contributed by atoms with Gasteiger partial charge in [-0.15, -0.1) is 4.33 Å². The van der Waals surface area contributed by atoms with Crippen LogP contribution in [0.15, 0.2) is 11.6 Å². The van der Waals surface area contributed by atoms with Gasteiger partial charge in [-0.2, -0.15) is 0 Å². The topological polar surface area (TPSA) is 229 Å². The van der Waals surface area contributed by atoms with E-state index < -0.39 is 86.6 Å². The number of hydrogen-bond acceptors (Lipinski definition) is 17. The van der Waals surface area contributed by atoms with Crippen LogP contribution >= 0.6 is 12.3 Å². The monoisotopic (exact) mass is 1010 g/mol. The minimum Gasteiger partial charge on any atom is -0.453 e. The number of aliphatic hydroxyl groups excluding tert-OH is 5. The van der Waals surface area contributed by atoms with Crippen LogP contribution in [0.4, 0.5) is 0 Å². The Morgan fingerprint density at radius 3 is 1.43 bits per heavy atom. The molecule has 0 aromatic heterocycles. The summed E-state index contributed by atoms with van der Waals surface area (Å²) in [4.78, 5) is 27.2. The Balaban J connectivity index is 2.01. The molecule has 10 unspecified atom stereocenters. The highest BCUT2D eigenvalue weighted by atomic mass is 32.2. The van der Waals surface area contributed by atoms with E-state index in [9.17, 15) is 35.1 Å². The summed E-state index contributed by atoms with van der Waals surface area (Å²) in [5.74, 6) is -1.40. The van der Waals surface area contributed by atoms with Crippen LogP contribution in [0.5, 0.6) is 0 Å². The molecule has 0 aromatic rings. The molecule has 0 aliphatic carbocycles. The molecule has 2 fully saturated rings. The highest BCUT2D eigenvalue weighted by Crippen LogP contribution is 2.34. The van der Waals surface area contributed by atoms with Crippen LogP contribution < -0.4 is 0 Å². The summed E-state index contributed by atoms with van der Waals surface area (Å²) < 4.78 is 38.8. The van der Waals surface area contributed by atoms with E-state index >= 15 is 0 Å². The van der Waals surface area contributed by atoms with E-state index in [0.717, 1.165) is 44.9 Å². The number of esters is 2. The Morgan fingerprint density at radius 1 is 0.565 bits per heavy atom. The van der Waals surface area contributed by atoms with Crippen LogP contribution in [0, 0.1) is 5.92 Å². The second-order valence-electron chi connectivity index (χ2n) is 19.6. The first-order valence-corrected chi connectivity index (χ1v) is 27.8. The van der Waals surface area contributed by atoms with Gasteiger partial charge < -0.3 is 49.2 Å². The molecule has 2 saturated heterocycles. The first kappa shape index (κ1) is 63.7. The predicted molar refractivity (Wildman–Crippen MR) is 265 cm³/mol. The van der Waals surface area contributed by atoms with Crippen LogP contribution in [0.3, 0.4) is 0 Å². The highest BCUT2D eigenvalue weighted by molar-refractivity contribution is 7.89. The van der Waals surface area contributed by atoms with Crippen molar-refractivity contribution in [1.82, 2.24) is 0 Å². The molecule has 406 valence electrons. The third-order valence-electron chi connectivity index (χ3n) is 13.5. The number of ether oxygens (including phenoxy) is 5. The van der Waals surface area contributed by atoms with E-state index in [-0.39, 0.29) is 30.2 Å². The van der Waals surface area contributed by atoms with Gasteiger partial charge in [-0.3, -0.25) is 8.98 Å². The lowest BCUT2D eigenvalue weighted by atomic mass is 9.97. The number of aliphatic hydroxyl groups is 5. The molecule has 2 aliphatic rings. The summed E-state index contributed by atoms with van der Waals surface area (Å²) in [6, 6.07) is 0. The van der Waals surface area contributed by atoms with E-state index in [0.29, 0.717) is 6.42 Å². The normalized spacial score (nSPS) is 25.7. The van der Waals surface area contributed by atoms with Crippen molar-refractivity contribution in [2.75, 3.05) is 13.2 Å². The van der Waals surface area contributed by atoms with Crippen molar-refractivity contribution in [2.24, 2.45) is 5.92 Å². The molecule has 2 heterocycles. The van der Waals surface area contributed by atoms with Crippen molar-refractivity contribution >= 4 is 24.3 Å². The SMILES string of the molecule is CCCCCCCCCCCCCCCCCC[C@H](C)/C=C(\C)C(=O)OC1C(O)C(CO)OC(OC2OC(CO)C(O)C(OSOOO)C2O)C1OC(=O)CCCCCCCCCCCCCCC. The second kappa shape index (κ2) is 41.0. The van der Waals surface area contributed by atoms with Gasteiger partial charge in [0, 0.05) is 12.0 Å². The van der Waals surface area contributed by atoms with Crippen molar-refractivity contribution < 1.29 is 77.6 Å². The van der Waals surface area contributed by atoms with Crippen LogP contribution in [-0.2, 0) is 46.8 Å². The van der Waals surface area contributed by atoms with Crippen molar-refractivity contribution in [3.63, 3.8) is 0 Å². The zero-order valence-corrected chi connectivity index (χ0v) is 43.8. The van der Waals surface area contributed by atoms with Crippen LogP contribution in [0.25, 0.3) is 0 Å². The summed E-state index contributed by atoms with van der Waals surface area (Å²) in [5.41, 5.74) is 0.283. The molecule has 11 atom stereocenters. The lowest BCUT2D eigenvalue weighted by molar-refractivity contribution is -0.435. The molecule has 0 spiro atoms. The summed E-state index contributed by atoms with van der Waals surface area (Å²) in [6.45, 7) is 6.62. The lowest BCUT2D eigenvalue weighted by Gasteiger charge is -2.46. The van der Waals surface area contributed by atoms with Gasteiger partial charge in [-0.1, -0.05) is 212 Å². The molecular formula is C52H96O16S.